The molecule has 0 aliphatic carbocycles. The summed E-state index contributed by atoms with van der Waals surface area (Å²) in [7, 11) is 0. The van der Waals surface area contributed by atoms with Gasteiger partial charge in [0, 0.05) is 38.8 Å². The van der Waals surface area contributed by atoms with Gasteiger partial charge in [0.05, 0.1) is 22.2 Å². The predicted molar refractivity (Wildman–Crippen MR) is 168 cm³/mol. The molecule has 3 aliphatic heterocycles. The number of hydrogen-bond acceptors (Lipinski definition) is 7. The maximum absolute atomic E-state index is 13.8. The lowest BCUT2D eigenvalue weighted by Crippen LogP contribution is -2.58. The number of anilines is 1. The molecule has 0 unspecified atom stereocenters. The highest BCUT2D eigenvalue weighted by Crippen LogP contribution is 2.36. The molecule has 44 heavy (non-hydrogen) atoms. The van der Waals surface area contributed by atoms with Crippen molar-refractivity contribution in [2.75, 3.05) is 38.2 Å². The van der Waals surface area contributed by atoms with Gasteiger partial charge in [-0.2, -0.15) is 0 Å². The summed E-state index contributed by atoms with van der Waals surface area (Å²) in [6.45, 7) is 2.52. The molecule has 6 rings (SSSR count). The summed E-state index contributed by atoms with van der Waals surface area (Å²) in [4.78, 5) is 47.0. The number of aromatic nitrogens is 1. The molecule has 3 amide bonds. The molecule has 3 N–H and O–H groups in total. The highest BCUT2D eigenvalue weighted by atomic mass is 32.1. The van der Waals surface area contributed by atoms with Gasteiger partial charge in [-0.3, -0.25) is 19.3 Å². The first-order valence-corrected chi connectivity index (χ1v) is 16.1. The summed E-state index contributed by atoms with van der Waals surface area (Å²) in [5, 5.41) is 9.72. The summed E-state index contributed by atoms with van der Waals surface area (Å²) < 4.78 is 19.9. The third-order valence-electron chi connectivity index (χ3n) is 9.06. The van der Waals surface area contributed by atoms with Crippen molar-refractivity contribution in [3.05, 3.63) is 72.1 Å². The Hall–Kier alpha value is -3.67. The van der Waals surface area contributed by atoms with Gasteiger partial charge in [0.2, 0.25) is 17.7 Å². The zero-order valence-corrected chi connectivity index (χ0v) is 25.4. The third-order valence-corrected chi connectivity index (χ3v) is 9.99. The van der Waals surface area contributed by atoms with E-state index in [1.54, 1.807) is 6.07 Å². The van der Waals surface area contributed by atoms with Crippen molar-refractivity contribution in [2.24, 2.45) is 11.3 Å². The summed E-state index contributed by atoms with van der Waals surface area (Å²) >= 11 is 1.25. The van der Waals surface area contributed by atoms with Gasteiger partial charge >= 0.3 is 0 Å². The van der Waals surface area contributed by atoms with Crippen molar-refractivity contribution < 1.29 is 23.5 Å². The second-order valence-corrected chi connectivity index (χ2v) is 13.1. The van der Waals surface area contributed by atoms with Gasteiger partial charge in [-0.25, -0.2) is 9.37 Å². The van der Waals surface area contributed by atoms with Crippen LogP contribution < -0.4 is 16.0 Å². The number of fused-ring (bicyclic) bond motifs is 2. The molecule has 2 saturated heterocycles. The van der Waals surface area contributed by atoms with Crippen molar-refractivity contribution >= 4 is 44.4 Å². The van der Waals surface area contributed by atoms with E-state index in [9.17, 15) is 18.8 Å². The highest BCUT2D eigenvalue weighted by molar-refractivity contribution is 7.22. The maximum Gasteiger partial charge on any atom is 0.243 e. The second kappa shape index (κ2) is 13.5. The fourth-order valence-corrected chi connectivity index (χ4v) is 7.42. The Morgan fingerprint density at radius 3 is 2.75 bits per heavy atom. The quantitative estimate of drug-likeness (QED) is 0.372. The molecule has 0 bridgehead atoms. The first-order chi connectivity index (χ1) is 21.4. The summed E-state index contributed by atoms with van der Waals surface area (Å²) in [5.74, 6) is -0.680. The zero-order chi connectivity index (χ0) is 30.5. The summed E-state index contributed by atoms with van der Waals surface area (Å²) in [5.41, 5.74) is 1.02. The fraction of sp³-hybridized carbons (Fsp3) is 0.455. The number of halogens is 1. The van der Waals surface area contributed by atoms with Gasteiger partial charge < -0.3 is 20.7 Å². The number of benzene rings is 2. The largest absolute Gasteiger partial charge is 0.381 e. The highest BCUT2D eigenvalue weighted by Gasteiger charge is 2.41. The van der Waals surface area contributed by atoms with E-state index in [-0.39, 0.29) is 42.0 Å². The van der Waals surface area contributed by atoms with Gasteiger partial charge in [0.25, 0.3) is 0 Å². The van der Waals surface area contributed by atoms with Crippen molar-refractivity contribution in [2.45, 2.75) is 50.6 Å². The Bertz CT molecular complexity index is 1520. The van der Waals surface area contributed by atoms with E-state index in [1.165, 1.54) is 23.5 Å². The third kappa shape index (κ3) is 7.17. The number of piperidine rings is 1. The molecule has 0 saturated carbocycles. The molecule has 3 atom stereocenters. The molecule has 3 aromatic rings. The second-order valence-electron chi connectivity index (χ2n) is 12.1. The molecule has 3 aliphatic rings. The number of rotatable bonds is 5. The van der Waals surface area contributed by atoms with Crippen LogP contribution >= 0.6 is 11.3 Å². The number of hydrogen-bond donors (Lipinski definition) is 3. The van der Waals surface area contributed by atoms with E-state index >= 15 is 0 Å². The number of carbonyl (C=O) groups is 3. The summed E-state index contributed by atoms with van der Waals surface area (Å²) in [6, 6.07) is 13.4. The van der Waals surface area contributed by atoms with Crippen LogP contribution in [-0.4, -0.2) is 72.5 Å². The molecule has 4 heterocycles. The van der Waals surface area contributed by atoms with Crippen LogP contribution in [0.2, 0.25) is 0 Å². The number of allylic oxidation sites excluding steroid dienone is 2. The topological polar surface area (TPSA) is 113 Å². The first kappa shape index (κ1) is 30.4. The van der Waals surface area contributed by atoms with Gasteiger partial charge in [-0.1, -0.05) is 53.8 Å². The minimum absolute atomic E-state index is 0.0854. The Morgan fingerprint density at radius 2 is 1.93 bits per heavy atom. The Kier molecular flexibility index (Phi) is 9.34. The van der Waals surface area contributed by atoms with E-state index in [1.807, 2.05) is 30.3 Å². The normalized spacial score (nSPS) is 25.2. The molecule has 232 valence electrons. The van der Waals surface area contributed by atoms with E-state index in [4.69, 9.17) is 4.74 Å². The number of nitrogens with one attached hydrogen (secondary N) is 3. The smallest absolute Gasteiger partial charge is 0.243 e. The Balaban J connectivity index is 1.16. The standard InChI is InChI=1S/C33H38FN5O4S/c34-24-9-10-26-28(19-24)44-32(37-26)38-29(40)21-39-15-11-25-23(20-39)8-4-5-12-33(13-16-43-17-14-33)31(42)36-27(30(41)35-25)18-22-6-2-1-3-7-22/h1-7,9-10,19,23,25,27H,8,11-18,20-21H2,(H,35,41)(H,36,42)(H,37,38,40)/b5-4+/t23-,25+,27+/m1/s1. The number of carbonyl (C=O) groups excluding carboxylic acids is 3. The average Bonchev–Trinajstić information content (AvgIpc) is 3.41. The minimum atomic E-state index is -0.695. The minimum Gasteiger partial charge on any atom is -0.381 e. The first-order valence-electron chi connectivity index (χ1n) is 15.3. The number of nitrogens with zero attached hydrogens (tertiary/aromatic N) is 2. The Labute approximate surface area is 260 Å². The molecule has 9 nitrogen and oxygen atoms in total. The maximum atomic E-state index is 13.8. The van der Waals surface area contributed by atoms with E-state index in [2.05, 4.69) is 38.0 Å². The molecule has 0 radical (unpaired) electrons. The number of likely N-dealkylation sites (tertiary alicyclic amines) is 1. The van der Waals surface area contributed by atoms with Crippen LogP contribution in [-0.2, 0) is 25.5 Å². The molecular formula is C33H38FN5O4S. The lowest BCUT2D eigenvalue weighted by atomic mass is 9.75. The van der Waals surface area contributed by atoms with Crippen molar-refractivity contribution in [1.82, 2.24) is 20.5 Å². The van der Waals surface area contributed by atoms with E-state index in [0.29, 0.717) is 73.8 Å². The molecule has 2 aromatic carbocycles. The van der Waals surface area contributed by atoms with Crippen LogP contribution in [0.3, 0.4) is 0 Å². The monoisotopic (exact) mass is 619 g/mol. The zero-order valence-electron chi connectivity index (χ0n) is 24.6. The number of thiazole rings is 1. The molecular weight excluding hydrogens is 581 g/mol. The lowest BCUT2D eigenvalue weighted by Gasteiger charge is -2.40. The molecule has 2 fully saturated rings. The number of amides is 3. The van der Waals surface area contributed by atoms with Crippen LogP contribution in [0.15, 0.2) is 60.7 Å². The average molecular weight is 620 g/mol. The molecule has 1 spiro atoms. The fourth-order valence-electron chi connectivity index (χ4n) is 6.51. The van der Waals surface area contributed by atoms with Crippen LogP contribution in [0.25, 0.3) is 10.2 Å². The van der Waals surface area contributed by atoms with Crippen LogP contribution in [0, 0.1) is 17.2 Å². The van der Waals surface area contributed by atoms with Crippen molar-refractivity contribution in [1.29, 1.82) is 0 Å². The van der Waals surface area contributed by atoms with Gasteiger partial charge in [-0.05, 0) is 61.8 Å². The van der Waals surface area contributed by atoms with Gasteiger partial charge in [-0.15, -0.1) is 0 Å². The predicted octanol–water partition coefficient (Wildman–Crippen LogP) is 4.05. The van der Waals surface area contributed by atoms with Gasteiger partial charge in [0.1, 0.15) is 11.9 Å². The molecule has 11 heteroatoms. The molecule has 1 aromatic heterocycles. The van der Waals surface area contributed by atoms with Crippen LogP contribution in [0.4, 0.5) is 9.52 Å². The summed E-state index contributed by atoms with van der Waals surface area (Å²) in [6.07, 6.45) is 7.87. The van der Waals surface area contributed by atoms with Crippen molar-refractivity contribution in [3.63, 3.8) is 0 Å². The SMILES string of the molecule is O=C(CN1CC[C@@H]2NC(=O)[C@H](Cc3ccccc3)NC(=O)C3(C/C=C/C[C@@H]2C1)CCOCC3)Nc1nc2ccc(F)cc2s1. The lowest BCUT2D eigenvalue weighted by molar-refractivity contribution is -0.140. The van der Waals surface area contributed by atoms with Crippen molar-refractivity contribution in [3.8, 4) is 0 Å². The van der Waals surface area contributed by atoms with Crippen LogP contribution in [0.5, 0.6) is 0 Å². The van der Waals surface area contributed by atoms with Gasteiger partial charge in [0.15, 0.2) is 5.13 Å². The van der Waals surface area contributed by atoms with E-state index in [0.717, 1.165) is 12.0 Å². The number of ether oxygens (including phenoxy) is 1. The Morgan fingerprint density at radius 1 is 1.11 bits per heavy atom. The van der Waals surface area contributed by atoms with Crippen LogP contribution in [0.1, 0.15) is 37.7 Å². The van der Waals surface area contributed by atoms with E-state index < -0.39 is 11.5 Å².